The molecule has 30 heavy (non-hydrogen) atoms. The lowest BCUT2D eigenvalue weighted by Crippen LogP contribution is -2.25. The topological polar surface area (TPSA) is 18.5 Å². The van der Waals surface area contributed by atoms with E-state index in [1.807, 2.05) is 0 Å². The van der Waals surface area contributed by atoms with Crippen LogP contribution in [-0.4, -0.2) is 19.3 Å². The van der Waals surface area contributed by atoms with E-state index < -0.39 is 17.5 Å². The highest BCUT2D eigenvalue weighted by atomic mass is 19.2. The van der Waals surface area contributed by atoms with Gasteiger partial charge in [0.1, 0.15) is 5.82 Å². The van der Waals surface area contributed by atoms with Crippen molar-refractivity contribution in [1.82, 2.24) is 0 Å². The summed E-state index contributed by atoms with van der Waals surface area (Å²) in [6.07, 6.45) is 6.92. The number of hydrogen-bond donors (Lipinski definition) is 0. The molecule has 1 heterocycles. The first-order valence-corrected chi connectivity index (χ1v) is 11.1. The van der Waals surface area contributed by atoms with Crippen molar-refractivity contribution in [3.8, 4) is 16.9 Å². The van der Waals surface area contributed by atoms with Crippen LogP contribution in [0.3, 0.4) is 0 Å². The fourth-order valence-corrected chi connectivity index (χ4v) is 4.03. The molecule has 1 saturated heterocycles. The summed E-state index contributed by atoms with van der Waals surface area (Å²) < 4.78 is 55.1. The maximum Gasteiger partial charge on any atom is 0.201 e. The molecule has 0 aromatic heterocycles. The molecule has 0 spiro atoms. The lowest BCUT2D eigenvalue weighted by atomic mass is 9.89. The molecule has 164 valence electrons. The number of ether oxygens (including phenoxy) is 2. The van der Waals surface area contributed by atoms with Gasteiger partial charge in [-0.3, -0.25) is 0 Å². The molecule has 2 unspecified atom stereocenters. The maximum atomic E-state index is 14.8. The van der Waals surface area contributed by atoms with Crippen LogP contribution in [0.5, 0.6) is 5.75 Å². The van der Waals surface area contributed by atoms with Gasteiger partial charge >= 0.3 is 0 Å². The zero-order chi connectivity index (χ0) is 21.5. The molecular weight excluding hydrogens is 389 g/mol. The molecule has 2 aromatic carbocycles. The Bertz CT molecular complexity index is 829. The number of hydrogen-bond acceptors (Lipinski definition) is 2. The second kappa shape index (κ2) is 10.9. The van der Waals surface area contributed by atoms with Crippen molar-refractivity contribution in [2.45, 2.75) is 70.8 Å². The van der Waals surface area contributed by atoms with Crippen LogP contribution in [0, 0.1) is 17.5 Å². The Hall–Kier alpha value is -2.01. The Labute approximate surface area is 177 Å². The van der Waals surface area contributed by atoms with Crippen molar-refractivity contribution in [3.05, 3.63) is 53.3 Å². The van der Waals surface area contributed by atoms with Crippen LogP contribution < -0.4 is 4.74 Å². The third-order valence-corrected chi connectivity index (χ3v) is 5.78. The van der Waals surface area contributed by atoms with Gasteiger partial charge < -0.3 is 9.47 Å². The molecular formula is C25H31F3O2. The van der Waals surface area contributed by atoms with Gasteiger partial charge in [-0.05, 0) is 55.0 Å². The Balaban J connectivity index is 1.72. The third kappa shape index (κ3) is 5.37. The Morgan fingerprint density at radius 1 is 0.967 bits per heavy atom. The highest BCUT2D eigenvalue weighted by Gasteiger charge is 2.25. The summed E-state index contributed by atoms with van der Waals surface area (Å²) in [4.78, 5) is 0. The second-order valence-corrected chi connectivity index (χ2v) is 8.05. The summed E-state index contributed by atoms with van der Waals surface area (Å²) in [7, 11) is 0. The Morgan fingerprint density at radius 2 is 1.80 bits per heavy atom. The second-order valence-electron chi connectivity index (χ2n) is 8.05. The minimum absolute atomic E-state index is 0.00682. The molecule has 0 radical (unpaired) electrons. The first kappa shape index (κ1) is 22.7. The maximum absolute atomic E-state index is 14.8. The first-order valence-electron chi connectivity index (χ1n) is 11.1. The van der Waals surface area contributed by atoms with Crippen molar-refractivity contribution in [2.75, 3.05) is 13.2 Å². The van der Waals surface area contributed by atoms with Crippen molar-refractivity contribution in [1.29, 1.82) is 0 Å². The lowest BCUT2D eigenvalue weighted by molar-refractivity contribution is -0.00172. The van der Waals surface area contributed by atoms with Crippen LogP contribution in [0.15, 0.2) is 30.3 Å². The van der Waals surface area contributed by atoms with E-state index in [9.17, 15) is 13.2 Å². The van der Waals surface area contributed by atoms with Gasteiger partial charge in [-0.25, -0.2) is 8.78 Å². The highest BCUT2D eigenvalue weighted by Crippen LogP contribution is 2.35. The van der Waals surface area contributed by atoms with Crippen molar-refractivity contribution >= 4 is 0 Å². The number of unbranched alkanes of at least 4 members (excludes halogenated alkanes) is 2. The van der Waals surface area contributed by atoms with Crippen molar-refractivity contribution < 1.29 is 22.6 Å². The molecule has 0 saturated carbocycles. The monoisotopic (exact) mass is 420 g/mol. The van der Waals surface area contributed by atoms with Gasteiger partial charge in [0.2, 0.25) is 5.82 Å². The molecule has 2 aromatic rings. The molecule has 1 aliphatic rings. The van der Waals surface area contributed by atoms with E-state index in [0.717, 1.165) is 44.9 Å². The number of rotatable bonds is 9. The Morgan fingerprint density at radius 3 is 2.47 bits per heavy atom. The average molecular weight is 421 g/mol. The minimum atomic E-state index is -1.03. The standard InChI is InChI=1S/C25H31F3O2/c1-3-5-6-14-29-23-13-12-21(24(27)25(23)28)17-9-11-20(22(26)15-17)18-8-10-19(7-4-2)30-16-18/h9,11-13,15,18-19H,3-8,10,14,16H2,1-2H3. The average Bonchev–Trinajstić information content (AvgIpc) is 2.75. The summed E-state index contributed by atoms with van der Waals surface area (Å²) in [5, 5.41) is 0. The highest BCUT2D eigenvalue weighted by molar-refractivity contribution is 5.66. The SMILES string of the molecule is CCCCCOc1ccc(-c2ccc(C3CCC(CCC)OC3)c(F)c2)c(F)c1F. The van der Waals surface area contributed by atoms with E-state index >= 15 is 0 Å². The molecule has 0 aliphatic carbocycles. The predicted molar refractivity (Wildman–Crippen MR) is 113 cm³/mol. The fraction of sp³-hybridized carbons (Fsp3) is 0.520. The van der Waals surface area contributed by atoms with Crippen molar-refractivity contribution in [2.24, 2.45) is 0 Å². The van der Waals surface area contributed by atoms with Crippen LogP contribution in [0.2, 0.25) is 0 Å². The van der Waals surface area contributed by atoms with Crippen molar-refractivity contribution in [3.63, 3.8) is 0 Å². The largest absolute Gasteiger partial charge is 0.490 e. The van der Waals surface area contributed by atoms with E-state index in [-0.39, 0.29) is 23.3 Å². The summed E-state index contributed by atoms with van der Waals surface area (Å²) in [5.41, 5.74) is 0.915. The van der Waals surface area contributed by atoms with Crippen LogP contribution in [0.4, 0.5) is 13.2 Å². The van der Waals surface area contributed by atoms with E-state index in [4.69, 9.17) is 9.47 Å². The number of benzene rings is 2. The smallest absolute Gasteiger partial charge is 0.201 e. The quantitative estimate of drug-likeness (QED) is 0.393. The van der Waals surface area contributed by atoms with E-state index in [1.165, 1.54) is 18.2 Å². The van der Waals surface area contributed by atoms with Crippen LogP contribution in [0.25, 0.3) is 11.1 Å². The molecule has 1 aliphatic heterocycles. The molecule has 0 N–H and O–H groups in total. The molecule has 2 atom stereocenters. The third-order valence-electron chi connectivity index (χ3n) is 5.78. The summed E-state index contributed by atoms with van der Waals surface area (Å²) in [6.45, 7) is 5.02. The fourth-order valence-electron chi connectivity index (χ4n) is 4.03. The van der Waals surface area contributed by atoms with Crippen LogP contribution >= 0.6 is 0 Å². The minimum Gasteiger partial charge on any atom is -0.490 e. The molecule has 1 fully saturated rings. The molecule has 2 nitrogen and oxygen atoms in total. The molecule has 3 rings (SSSR count). The van der Waals surface area contributed by atoms with Gasteiger partial charge in [0, 0.05) is 11.5 Å². The first-order chi connectivity index (χ1) is 14.5. The van der Waals surface area contributed by atoms with E-state index in [1.54, 1.807) is 12.1 Å². The zero-order valence-corrected chi connectivity index (χ0v) is 17.9. The normalized spacial score (nSPS) is 19.1. The summed E-state index contributed by atoms with van der Waals surface area (Å²) >= 11 is 0. The van der Waals surface area contributed by atoms with Gasteiger partial charge in [-0.1, -0.05) is 45.2 Å². The molecule has 0 amide bonds. The van der Waals surface area contributed by atoms with Crippen LogP contribution in [0.1, 0.15) is 70.3 Å². The van der Waals surface area contributed by atoms with E-state index in [0.29, 0.717) is 24.3 Å². The molecule has 0 bridgehead atoms. The predicted octanol–water partition coefficient (Wildman–Crippen LogP) is 7.40. The van der Waals surface area contributed by atoms with Gasteiger partial charge in [-0.15, -0.1) is 0 Å². The van der Waals surface area contributed by atoms with E-state index in [2.05, 4.69) is 13.8 Å². The number of halogens is 3. The summed E-state index contributed by atoms with van der Waals surface area (Å²) in [5.74, 6) is -2.57. The van der Waals surface area contributed by atoms with Crippen LogP contribution in [-0.2, 0) is 4.74 Å². The molecule has 5 heteroatoms. The lowest BCUT2D eigenvalue weighted by Gasteiger charge is -2.29. The van der Waals surface area contributed by atoms with Gasteiger partial charge in [0.15, 0.2) is 11.6 Å². The van der Waals surface area contributed by atoms with Gasteiger partial charge in [0.05, 0.1) is 19.3 Å². The summed E-state index contributed by atoms with van der Waals surface area (Å²) in [6, 6.07) is 7.46. The van der Waals surface area contributed by atoms with Gasteiger partial charge in [-0.2, -0.15) is 4.39 Å². The zero-order valence-electron chi connectivity index (χ0n) is 17.9. The Kier molecular flexibility index (Phi) is 8.20. The van der Waals surface area contributed by atoms with Gasteiger partial charge in [0.25, 0.3) is 0 Å².